The standard InChI is InChI=1S/C25H28O9/c1-14(2)33-23(27)24(11-12-24)13-32-21-18(8-10-20(22(21)31-3)34-25(28,29)30)15-5-4-6-17-16(15)7-9-19(17)26/h4-6,8,10,14,28-30H,7,9,11-13H2,1-3H3. The summed E-state index contributed by atoms with van der Waals surface area (Å²) in [5.41, 5.74) is 2.05. The van der Waals surface area contributed by atoms with Crippen molar-refractivity contribution in [3.8, 4) is 28.4 Å². The number of ether oxygens (including phenoxy) is 4. The number of methoxy groups -OCH3 is 1. The second kappa shape index (κ2) is 8.90. The predicted molar refractivity (Wildman–Crippen MR) is 119 cm³/mol. The summed E-state index contributed by atoms with van der Waals surface area (Å²) in [4.78, 5) is 24.9. The van der Waals surface area contributed by atoms with E-state index >= 15 is 0 Å². The molecule has 0 bridgehead atoms. The van der Waals surface area contributed by atoms with Crippen LogP contribution in [0, 0.1) is 5.41 Å². The first kappa shape index (κ1) is 24.0. The summed E-state index contributed by atoms with van der Waals surface area (Å²) in [6.45, 7) is 3.56. The lowest BCUT2D eigenvalue weighted by Crippen LogP contribution is -2.34. The molecule has 0 unspecified atom stereocenters. The lowest BCUT2D eigenvalue weighted by molar-refractivity contribution is -0.419. The molecule has 1 saturated carbocycles. The zero-order valence-corrected chi connectivity index (χ0v) is 19.3. The Morgan fingerprint density at radius 1 is 1.03 bits per heavy atom. The van der Waals surface area contributed by atoms with E-state index in [9.17, 15) is 24.9 Å². The van der Waals surface area contributed by atoms with Crippen LogP contribution >= 0.6 is 0 Å². The molecule has 0 aliphatic heterocycles. The van der Waals surface area contributed by atoms with E-state index in [0.29, 0.717) is 36.8 Å². The van der Waals surface area contributed by atoms with Gasteiger partial charge < -0.3 is 34.3 Å². The monoisotopic (exact) mass is 472 g/mol. The molecule has 34 heavy (non-hydrogen) atoms. The summed E-state index contributed by atoms with van der Waals surface area (Å²) in [6.07, 6.45) is -1.51. The zero-order chi connectivity index (χ0) is 24.7. The Hall–Kier alpha value is -3.14. The molecule has 2 aromatic carbocycles. The van der Waals surface area contributed by atoms with Crippen molar-refractivity contribution >= 4 is 11.8 Å². The number of fused-ring (bicyclic) bond motifs is 1. The van der Waals surface area contributed by atoms with Gasteiger partial charge in [0.05, 0.1) is 13.2 Å². The minimum Gasteiger partial charge on any atom is -0.490 e. The van der Waals surface area contributed by atoms with E-state index in [1.807, 2.05) is 6.07 Å². The van der Waals surface area contributed by atoms with Crippen LogP contribution in [0.1, 0.15) is 49.0 Å². The maximum Gasteiger partial charge on any atom is 0.453 e. The van der Waals surface area contributed by atoms with Crippen LogP contribution in [0.5, 0.6) is 17.2 Å². The highest BCUT2D eigenvalue weighted by Gasteiger charge is 2.53. The zero-order valence-electron chi connectivity index (χ0n) is 19.3. The number of esters is 1. The van der Waals surface area contributed by atoms with Crippen LogP contribution in [-0.2, 0) is 16.0 Å². The third-order valence-corrected chi connectivity index (χ3v) is 6.02. The van der Waals surface area contributed by atoms with Crippen molar-refractivity contribution in [2.75, 3.05) is 13.7 Å². The van der Waals surface area contributed by atoms with Gasteiger partial charge in [-0.05, 0) is 56.4 Å². The molecular weight excluding hydrogens is 444 g/mol. The molecule has 9 nitrogen and oxygen atoms in total. The number of hydrogen-bond donors (Lipinski definition) is 3. The molecule has 3 N–H and O–H groups in total. The summed E-state index contributed by atoms with van der Waals surface area (Å²) < 4.78 is 21.8. The molecule has 0 spiro atoms. The smallest absolute Gasteiger partial charge is 0.453 e. The number of carbonyl (C=O) groups excluding carboxylic acids is 2. The van der Waals surface area contributed by atoms with Crippen molar-refractivity contribution in [3.05, 3.63) is 41.5 Å². The van der Waals surface area contributed by atoms with Crippen molar-refractivity contribution < 1.29 is 43.9 Å². The molecule has 4 rings (SSSR count). The second-order valence-corrected chi connectivity index (χ2v) is 8.93. The third-order valence-electron chi connectivity index (χ3n) is 6.02. The highest BCUT2D eigenvalue weighted by Crippen LogP contribution is 2.51. The van der Waals surface area contributed by atoms with Gasteiger partial charge >= 0.3 is 12.1 Å². The molecule has 1 fully saturated rings. The lowest BCUT2D eigenvalue weighted by atomic mass is 9.95. The van der Waals surface area contributed by atoms with Crippen LogP contribution in [0.2, 0.25) is 0 Å². The first-order valence-corrected chi connectivity index (χ1v) is 11.1. The third kappa shape index (κ3) is 4.72. The number of Topliss-reactive ketones (excluding diaryl/α,β-unsaturated/α-hetero) is 1. The number of benzene rings is 2. The van der Waals surface area contributed by atoms with Crippen LogP contribution < -0.4 is 14.2 Å². The van der Waals surface area contributed by atoms with Gasteiger partial charge in [0.15, 0.2) is 17.3 Å². The predicted octanol–water partition coefficient (Wildman–Crippen LogP) is 2.57. The van der Waals surface area contributed by atoms with Gasteiger partial charge in [0, 0.05) is 17.5 Å². The van der Waals surface area contributed by atoms with E-state index in [1.54, 1.807) is 32.0 Å². The van der Waals surface area contributed by atoms with E-state index < -0.39 is 11.6 Å². The molecule has 0 atom stereocenters. The van der Waals surface area contributed by atoms with Crippen LogP contribution in [-0.4, -0.2) is 53.1 Å². The van der Waals surface area contributed by atoms with Crippen molar-refractivity contribution in [2.45, 2.75) is 51.8 Å². The van der Waals surface area contributed by atoms with Gasteiger partial charge in [-0.1, -0.05) is 18.2 Å². The molecule has 0 aromatic heterocycles. The van der Waals surface area contributed by atoms with Gasteiger partial charge in [-0.3, -0.25) is 9.59 Å². The van der Waals surface area contributed by atoms with E-state index in [4.69, 9.17) is 18.9 Å². The van der Waals surface area contributed by atoms with E-state index in [1.165, 1.54) is 13.2 Å². The maximum absolute atomic E-state index is 12.6. The molecule has 2 aliphatic carbocycles. The van der Waals surface area contributed by atoms with Crippen molar-refractivity contribution in [1.29, 1.82) is 0 Å². The Bertz CT molecular complexity index is 1110. The van der Waals surface area contributed by atoms with Gasteiger partial charge in [-0.25, -0.2) is 0 Å². The minimum absolute atomic E-state index is 0.00182. The molecule has 2 aliphatic rings. The molecule has 0 radical (unpaired) electrons. The largest absolute Gasteiger partial charge is 0.490 e. The van der Waals surface area contributed by atoms with Gasteiger partial charge in [0.1, 0.15) is 12.0 Å². The van der Waals surface area contributed by atoms with Gasteiger partial charge in [0.2, 0.25) is 5.75 Å². The van der Waals surface area contributed by atoms with Crippen molar-refractivity contribution in [1.82, 2.24) is 0 Å². The fraction of sp³-hybridized carbons (Fsp3) is 0.440. The summed E-state index contributed by atoms with van der Waals surface area (Å²) in [7, 11) is 1.34. The molecule has 0 amide bonds. The first-order valence-electron chi connectivity index (χ1n) is 11.1. The fourth-order valence-electron chi connectivity index (χ4n) is 4.17. The summed E-state index contributed by atoms with van der Waals surface area (Å²) in [5, 5.41) is 28.0. The highest BCUT2D eigenvalue weighted by molar-refractivity contribution is 6.02. The fourth-order valence-corrected chi connectivity index (χ4v) is 4.17. The number of hydrogen-bond acceptors (Lipinski definition) is 9. The van der Waals surface area contributed by atoms with Crippen LogP contribution in [0.15, 0.2) is 30.3 Å². The Morgan fingerprint density at radius 3 is 2.35 bits per heavy atom. The molecule has 9 heteroatoms. The topological polar surface area (TPSA) is 132 Å². The van der Waals surface area contributed by atoms with Crippen LogP contribution in [0.3, 0.4) is 0 Å². The second-order valence-electron chi connectivity index (χ2n) is 8.93. The Morgan fingerprint density at radius 2 is 1.74 bits per heavy atom. The van der Waals surface area contributed by atoms with Crippen molar-refractivity contribution in [3.63, 3.8) is 0 Å². The molecule has 182 valence electrons. The molecule has 0 saturated heterocycles. The Kier molecular flexibility index (Phi) is 6.28. The maximum atomic E-state index is 12.6. The molecule has 2 aromatic rings. The quantitative estimate of drug-likeness (QED) is 0.372. The number of ketones is 1. The minimum atomic E-state index is -3.44. The van der Waals surface area contributed by atoms with Gasteiger partial charge in [-0.15, -0.1) is 0 Å². The summed E-state index contributed by atoms with van der Waals surface area (Å²) in [6, 6.07) is 8.43. The number of carbonyl (C=O) groups is 2. The number of rotatable bonds is 9. The lowest BCUT2D eigenvalue weighted by Gasteiger charge is -2.23. The van der Waals surface area contributed by atoms with E-state index in [-0.39, 0.29) is 41.7 Å². The highest BCUT2D eigenvalue weighted by atomic mass is 16.9. The molecule has 0 heterocycles. The molecular formula is C25H28O9. The summed E-state index contributed by atoms with van der Waals surface area (Å²) in [5.74, 6) is -0.298. The average molecular weight is 472 g/mol. The van der Waals surface area contributed by atoms with Crippen molar-refractivity contribution in [2.24, 2.45) is 5.41 Å². The van der Waals surface area contributed by atoms with E-state index in [0.717, 1.165) is 11.1 Å². The SMILES string of the molecule is COc1c(OC(O)(O)O)ccc(-c2cccc3c2CCC3=O)c1OCC1(C(=O)OC(C)C)CC1. The normalized spacial score (nSPS) is 16.3. The average Bonchev–Trinajstić information content (AvgIpc) is 3.47. The summed E-state index contributed by atoms with van der Waals surface area (Å²) >= 11 is 0. The van der Waals surface area contributed by atoms with Crippen LogP contribution in [0.25, 0.3) is 11.1 Å². The number of aliphatic hydroxyl groups is 3. The van der Waals surface area contributed by atoms with E-state index in [2.05, 4.69) is 0 Å². The Balaban J connectivity index is 1.77. The van der Waals surface area contributed by atoms with Crippen LogP contribution in [0.4, 0.5) is 0 Å². The van der Waals surface area contributed by atoms with Gasteiger partial charge in [-0.2, -0.15) is 0 Å². The first-order chi connectivity index (χ1) is 16.0. The van der Waals surface area contributed by atoms with Gasteiger partial charge in [0.25, 0.3) is 0 Å². The Labute approximate surface area is 196 Å².